The number of hydrogen-bond donors (Lipinski definition) is 1. The molecule has 1 rings (SSSR count). The molecule has 1 heterocycles. The Hall–Kier alpha value is -0.590. The number of esters is 1. The number of thioether (sulfide) groups is 1. The second kappa shape index (κ2) is 6.09. The monoisotopic (exact) mass is 246 g/mol. The summed E-state index contributed by atoms with van der Waals surface area (Å²) >= 11 is 3.22. The zero-order valence-corrected chi connectivity index (χ0v) is 10.4. The van der Waals surface area contributed by atoms with E-state index in [1.165, 1.54) is 7.11 Å². The molecule has 0 aliphatic carbocycles. The molecule has 0 bridgehead atoms. The molecule has 1 atom stereocenters. The molecule has 4 nitrogen and oxygen atoms in total. The van der Waals surface area contributed by atoms with Crippen LogP contribution in [0.2, 0.25) is 0 Å². The van der Waals surface area contributed by atoms with Crippen molar-refractivity contribution in [1.29, 1.82) is 0 Å². The maximum atomic E-state index is 11.0. The van der Waals surface area contributed by atoms with E-state index in [2.05, 4.69) is 9.72 Å². The van der Waals surface area contributed by atoms with Crippen molar-refractivity contribution in [2.24, 2.45) is 5.73 Å². The quantitative estimate of drug-likeness (QED) is 0.790. The summed E-state index contributed by atoms with van der Waals surface area (Å²) in [6.45, 7) is 1.96. The standard InChI is InChI=1S/C9H14N2O2S2/c1-6-3-15-8(11-6)5-14-4-7(10)9(12)13-2/h3,7H,4-5,10H2,1-2H3. The van der Waals surface area contributed by atoms with E-state index in [1.54, 1.807) is 23.1 Å². The molecule has 0 radical (unpaired) electrons. The van der Waals surface area contributed by atoms with Crippen molar-refractivity contribution in [3.63, 3.8) is 0 Å². The first-order chi connectivity index (χ1) is 7.13. The van der Waals surface area contributed by atoms with E-state index in [-0.39, 0.29) is 5.97 Å². The molecular formula is C9H14N2O2S2. The van der Waals surface area contributed by atoms with Gasteiger partial charge < -0.3 is 10.5 Å². The summed E-state index contributed by atoms with van der Waals surface area (Å²) in [5.74, 6) is 0.993. The van der Waals surface area contributed by atoms with Gasteiger partial charge in [-0.25, -0.2) is 4.98 Å². The summed E-state index contributed by atoms with van der Waals surface area (Å²) in [7, 11) is 1.34. The van der Waals surface area contributed by atoms with E-state index in [1.807, 2.05) is 12.3 Å². The first kappa shape index (κ1) is 12.5. The predicted octanol–water partition coefficient (Wildman–Crippen LogP) is 1.19. The fourth-order valence-electron chi connectivity index (χ4n) is 0.962. The van der Waals surface area contributed by atoms with Crippen molar-refractivity contribution in [3.8, 4) is 0 Å². The lowest BCUT2D eigenvalue weighted by molar-refractivity contribution is -0.141. The number of nitrogens with zero attached hydrogens (tertiary/aromatic N) is 1. The molecule has 2 N–H and O–H groups in total. The average molecular weight is 246 g/mol. The van der Waals surface area contributed by atoms with Gasteiger partial charge in [0, 0.05) is 22.6 Å². The highest BCUT2D eigenvalue weighted by Gasteiger charge is 2.13. The summed E-state index contributed by atoms with van der Waals surface area (Å²) in [6, 6.07) is -0.541. The predicted molar refractivity (Wildman–Crippen MR) is 63.0 cm³/mol. The number of methoxy groups -OCH3 is 1. The van der Waals surface area contributed by atoms with Gasteiger partial charge in [0.15, 0.2) is 0 Å². The van der Waals surface area contributed by atoms with Crippen LogP contribution in [0, 0.1) is 6.92 Å². The first-order valence-corrected chi connectivity index (χ1v) is 6.49. The van der Waals surface area contributed by atoms with Gasteiger partial charge in [-0.1, -0.05) is 0 Å². The molecule has 1 aromatic heterocycles. The molecule has 15 heavy (non-hydrogen) atoms. The number of ether oxygens (including phenoxy) is 1. The molecule has 0 saturated carbocycles. The Morgan fingerprint density at radius 3 is 3.07 bits per heavy atom. The lowest BCUT2D eigenvalue weighted by Gasteiger charge is -2.07. The van der Waals surface area contributed by atoms with Gasteiger partial charge in [-0.3, -0.25) is 4.79 Å². The summed E-state index contributed by atoms with van der Waals surface area (Å²) in [6.07, 6.45) is 0. The molecule has 0 fully saturated rings. The Labute approximate surface area is 97.2 Å². The second-order valence-corrected chi connectivity index (χ2v) is 5.00. The van der Waals surface area contributed by atoms with Gasteiger partial charge >= 0.3 is 5.97 Å². The molecule has 6 heteroatoms. The van der Waals surface area contributed by atoms with Crippen LogP contribution in [0.3, 0.4) is 0 Å². The van der Waals surface area contributed by atoms with E-state index in [9.17, 15) is 4.79 Å². The van der Waals surface area contributed by atoms with E-state index < -0.39 is 6.04 Å². The van der Waals surface area contributed by atoms with Gasteiger partial charge in [-0.15, -0.1) is 11.3 Å². The Kier molecular flexibility index (Phi) is 5.07. The molecule has 0 aliphatic heterocycles. The van der Waals surface area contributed by atoms with Crippen LogP contribution in [0.25, 0.3) is 0 Å². The minimum absolute atomic E-state index is 0.363. The summed E-state index contributed by atoms with van der Waals surface area (Å²) in [5.41, 5.74) is 6.62. The number of thiazole rings is 1. The van der Waals surface area contributed by atoms with Gasteiger partial charge in [-0.2, -0.15) is 11.8 Å². The topological polar surface area (TPSA) is 65.2 Å². The molecule has 0 saturated heterocycles. The number of nitrogens with two attached hydrogens (primary N) is 1. The lowest BCUT2D eigenvalue weighted by atomic mass is 10.4. The van der Waals surface area contributed by atoms with Crippen LogP contribution in [0.15, 0.2) is 5.38 Å². The van der Waals surface area contributed by atoms with Gasteiger partial charge in [0.2, 0.25) is 0 Å². The van der Waals surface area contributed by atoms with Gasteiger partial charge in [0.1, 0.15) is 11.0 Å². The number of rotatable bonds is 5. The molecule has 0 aromatic carbocycles. The fraction of sp³-hybridized carbons (Fsp3) is 0.556. The minimum Gasteiger partial charge on any atom is -0.468 e. The molecule has 0 spiro atoms. The van der Waals surface area contributed by atoms with E-state index in [0.29, 0.717) is 5.75 Å². The second-order valence-electron chi connectivity index (χ2n) is 3.03. The SMILES string of the molecule is COC(=O)C(N)CSCc1nc(C)cs1. The van der Waals surface area contributed by atoms with Gasteiger partial charge in [0.25, 0.3) is 0 Å². The summed E-state index contributed by atoms with van der Waals surface area (Å²) < 4.78 is 4.53. The van der Waals surface area contributed by atoms with Crippen molar-refractivity contribution < 1.29 is 9.53 Å². The van der Waals surface area contributed by atoms with E-state index in [0.717, 1.165) is 16.5 Å². The first-order valence-electron chi connectivity index (χ1n) is 4.45. The number of carbonyl (C=O) groups is 1. The molecule has 1 aromatic rings. The van der Waals surface area contributed by atoms with Crippen molar-refractivity contribution in [3.05, 3.63) is 16.1 Å². The van der Waals surface area contributed by atoms with Gasteiger partial charge in [0.05, 0.1) is 7.11 Å². The Bertz CT molecular complexity index is 328. The number of aryl methyl sites for hydroxylation is 1. The van der Waals surface area contributed by atoms with Crippen molar-refractivity contribution in [2.75, 3.05) is 12.9 Å². The Balaban J connectivity index is 2.24. The lowest BCUT2D eigenvalue weighted by Crippen LogP contribution is -2.33. The van der Waals surface area contributed by atoms with E-state index >= 15 is 0 Å². The molecule has 1 unspecified atom stereocenters. The van der Waals surface area contributed by atoms with Crippen LogP contribution in [-0.2, 0) is 15.3 Å². The number of carbonyl (C=O) groups excluding carboxylic acids is 1. The van der Waals surface area contributed by atoms with Crippen molar-refractivity contribution in [1.82, 2.24) is 4.98 Å². The maximum absolute atomic E-state index is 11.0. The zero-order valence-electron chi connectivity index (χ0n) is 8.73. The van der Waals surface area contributed by atoms with Crippen LogP contribution in [-0.4, -0.2) is 29.9 Å². The van der Waals surface area contributed by atoms with Crippen LogP contribution in [0.4, 0.5) is 0 Å². The molecular weight excluding hydrogens is 232 g/mol. The number of hydrogen-bond acceptors (Lipinski definition) is 6. The highest BCUT2D eigenvalue weighted by Crippen LogP contribution is 2.16. The minimum atomic E-state index is -0.541. The Morgan fingerprint density at radius 1 is 1.80 bits per heavy atom. The summed E-state index contributed by atoms with van der Waals surface area (Å²) in [4.78, 5) is 15.3. The van der Waals surface area contributed by atoms with Crippen LogP contribution in [0.5, 0.6) is 0 Å². The molecule has 84 valence electrons. The van der Waals surface area contributed by atoms with Crippen LogP contribution < -0.4 is 5.73 Å². The third-order valence-electron chi connectivity index (χ3n) is 1.69. The third kappa shape index (κ3) is 4.19. The molecule has 0 aliphatic rings. The fourth-order valence-corrected chi connectivity index (χ4v) is 2.79. The largest absolute Gasteiger partial charge is 0.468 e. The number of aromatic nitrogens is 1. The molecule has 0 amide bonds. The van der Waals surface area contributed by atoms with Crippen molar-refractivity contribution >= 4 is 29.1 Å². The van der Waals surface area contributed by atoms with Gasteiger partial charge in [-0.05, 0) is 6.92 Å². The third-order valence-corrected chi connectivity index (χ3v) is 3.92. The smallest absolute Gasteiger partial charge is 0.323 e. The van der Waals surface area contributed by atoms with Crippen LogP contribution >= 0.6 is 23.1 Å². The van der Waals surface area contributed by atoms with E-state index in [4.69, 9.17) is 5.73 Å². The summed E-state index contributed by atoms with van der Waals surface area (Å²) in [5, 5.41) is 3.07. The highest BCUT2D eigenvalue weighted by atomic mass is 32.2. The van der Waals surface area contributed by atoms with Crippen LogP contribution in [0.1, 0.15) is 10.7 Å². The normalized spacial score (nSPS) is 12.5. The zero-order chi connectivity index (χ0) is 11.3. The van der Waals surface area contributed by atoms with Crippen molar-refractivity contribution in [2.45, 2.75) is 18.7 Å². The highest BCUT2D eigenvalue weighted by molar-refractivity contribution is 7.98. The maximum Gasteiger partial charge on any atom is 0.323 e. The Morgan fingerprint density at radius 2 is 2.53 bits per heavy atom. The average Bonchev–Trinajstić information content (AvgIpc) is 2.63.